The molecule has 188 valence electrons. The Morgan fingerprint density at radius 1 is 1.05 bits per heavy atom. The second kappa shape index (κ2) is 8.63. The SMILES string of the molecule is COc1ccc2c(c1)c1c(n2S(=O)(=O)c2ccc(C)cc2)C[C@@]2(C(=O)OCc3ccccc3)C=C[C@@H]1C2. The lowest BCUT2D eigenvalue weighted by molar-refractivity contribution is -0.154. The summed E-state index contributed by atoms with van der Waals surface area (Å²) in [4.78, 5) is 13.7. The molecule has 2 atom stereocenters. The summed E-state index contributed by atoms with van der Waals surface area (Å²) in [6.07, 6.45) is 4.73. The van der Waals surface area contributed by atoms with Gasteiger partial charge in [0.25, 0.3) is 10.0 Å². The number of nitrogens with zero attached hydrogens (tertiary/aromatic N) is 1. The topological polar surface area (TPSA) is 74.6 Å². The Balaban J connectivity index is 1.47. The van der Waals surface area contributed by atoms with E-state index < -0.39 is 15.4 Å². The standard InChI is InChI=1S/C30H27NO5S/c1-20-8-11-24(12-9-20)37(33,34)31-26-13-10-23(35-2)16-25(26)28-22-14-15-30(17-22,18-27(28)31)29(32)36-19-21-6-4-3-5-7-21/h3-16,22H,17-19H2,1-2H3/t22-,30-/m1/s1. The van der Waals surface area contributed by atoms with Gasteiger partial charge in [0, 0.05) is 23.4 Å². The van der Waals surface area contributed by atoms with Crippen molar-refractivity contribution in [3.63, 3.8) is 0 Å². The van der Waals surface area contributed by atoms with Crippen molar-refractivity contribution in [2.24, 2.45) is 5.41 Å². The summed E-state index contributed by atoms with van der Waals surface area (Å²) >= 11 is 0. The molecule has 0 saturated heterocycles. The van der Waals surface area contributed by atoms with Gasteiger partial charge < -0.3 is 9.47 Å². The Hall–Kier alpha value is -3.84. The molecular weight excluding hydrogens is 486 g/mol. The fraction of sp³-hybridized carbons (Fsp3) is 0.233. The molecule has 0 unspecified atom stereocenters. The van der Waals surface area contributed by atoms with Gasteiger partial charge in [0.2, 0.25) is 0 Å². The van der Waals surface area contributed by atoms with Crippen molar-refractivity contribution in [1.82, 2.24) is 3.97 Å². The summed E-state index contributed by atoms with van der Waals surface area (Å²) < 4.78 is 40.8. The van der Waals surface area contributed by atoms with Crippen LogP contribution >= 0.6 is 0 Å². The largest absolute Gasteiger partial charge is 0.497 e. The molecule has 6 rings (SSSR count). The number of benzene rings is 3. The Morgan fingerprint density at radius 2 is 1.81 bits per heavy atom. The van der Waals surface area contributed by atoms with E-state index >= 15 is 0 Å². The minimum absolute atomic E-state index is 0.0999. The maximum atomic E-state index is 14.1. The van der Waals surface area contributed by atoms with Gasteiger partial charge in [-0.15, -0.1) is 0 Å². The molecule has 0 saturated carbocycles. The number of fused-ring (bicyclic) bond motifs is 6. The molecule has 7 heteroatoms. The molecular formula is C30H27NO5S. The lowest BCUT2D eigenvalue weighted by atomic mass is 9.74. The number of aromatic nitrogens is 1. The molecule has 37 heavy (non-hydrogen) atoms. The van der Waals surface area contributed by atoms with Crippen LogP contribution in [0.5, 0.6) is 5.75 Å². The number of carbonyl (C=O) groups is 1. The van der Waals surface area contributed by atoms with Gasteiger partial charge in [-0.25, -0.2) is 12.4 Å². The molecule has 0 radical (unpaired) electrons. The number of hydrogen-bond donors (Lipinski definition) is 0. The highest BCUT2D eigenvalue weighted by molar-refractivity contribution is 7.90. The third-order valence-electron chi connectivity index (χ3n) is 7.53. The monoisotopic (exact) mass is 513 g/mol. The van der Waals surface area contributed by atoms with Crippen LogP contribution in [0.1, 0.15) is 34.7 Å². The first-order valence-electron chi connectivity index (χ1n) is 12.3. The van der Waals surface area contributed by atoms with Crippen molar-refractivity contribution >= 4 is 26.9 Å². The van der Waals surface area contributed by atoms with Crippen molar-refractivity contribution in [3.05, 3.63) is 107 Å². The minimum Gasteiger partial charge on any atom is -0.497 e. The van der Waals surface area contributed by atoms with Gasteiger partial charge in [0.1, 0.15) is 12.4 Å². The molecule has 4 aromatic rings. The lowest BCUT2D eigenvalue weighted by Gasteiger charge is -2.32. The van der Waals surface area contributed by atoms with E-state index in [9.17, 15) is 13.2 Å². The maximum absolute atomic E-state index is 14.1. The van der Waals surface area contributed by atoms with E-state index in [2.05, 4.69) is 0 Å². The van der Waals surface area contributed by atoms with E-state index in [1.807, 2.05) is 55.5 Å². The number of carbonyl (C=O) groups excluding carboxylic acids is 1. The van der Waals surface area contributed by atoms with Gasteiger partial charge in [-0.2, -0.15) is 0 Å². The number of ether oxygens (including phenoxy) is 2. The summed E-state index contributed by atoms with van der Waals surface area (Å²) in [6, 6.07) is 21.9. The van der Waals surface area contributed by atoms with Crippen LogP contribution in [-0.2, 0) is 32.6 Å². The van der Waals surface area contributed by atoms with Crippen LogP contribution < -0.4 is 4.74 Å². The zero-order chi connectivity index (χ0) is 25.8. The third kappa shape index (κ3) is 3.76. The molecule has 0 fully saturated rings. The van der Waals surface area contributed by atoms with E-state index in [0.717, 1.165) is 22.1 Å². The average molecular weight is 514 g/mol. The van der Waals surface area contributed by atoms with Crippen molar-refractivity contribution in [2.75, 3.05) is 7.11 Å². The van der Waals surface area contributed by atoms with Crippen LogP contribution in [-0.4, -0.2) is 25.5 Å². The summed E-state index contributed by atoms with van der Waals surface area (Å²) in [5.41, 5.74) is 3.12. The van der Waals surface area contributed by atoms with Crippen LogP contribution in [0.3, 0.4) is 0 Å². The lowest BCUT2D eigenvalue weighted by Crippen LogP contribution is -2.36. The molecule has 2 bridgehead atoms. The van der Waals surface area contributed by atoms with Crippen molar-refractivity contribution < 1.29 is 22.7 Å². The summed E-state index contributed by atoms with van der Waals surface area (Å²) in [5.74, 6) is 0.223. The van der Waals surface area contributed by atoms with E-state index in [-0.39, 0.29) is 29.8 Å². The van der Waals surface area contributed by atoms with E-state index in [0.29, 0.717) is 23.4 Å². The highest BCUT2D eigenvalue weighted by Gasteiger charge is 2.50. The second-order valence-electron chi connectivity index (χ2n) is 9.89. The zero-order valence-corrected chi connectivity index (χ0v) is 21.5. The minimum atomic E-state index is -3.93. The Labute approximate surface area is 216 Å². The van der Waals surface area contributed by atoms with Crippen molar-refractivity contribution in [3.8, 4) is 5.75 Å². The predicted octanol–water partition coefficient (Wildman–Crippen LogP) is 5.52. The van der Waals surface area contributed by atoms with Crippen molar-refractivity contribution in [2.45, 2.75) is 37.2 Å². The van der Waals surface area contributed by atoms with Crippen LogP contribution in [0.15, 0.2) is 89.8 Å². The predicted molar refractivity (Wildman–Crippen MR) is 141 cm³/mol. The van der Waals surface area contributed by atoms with Gasteiger partial charge in [-0.1, -0.05) is 60.2 Å². The number of methoxy groups -OCH3 is 1. The molecule has 0 N–H and O–H groups in total. The zero-order valence-electron chi connectivity index (χ0n) is 20.7. The van der Waals surface area contributed by atoms with Crippen LogP contribution in [0.2, 0.25) is 0 Å². The Bertz CT molecular complexity index is 1650. The molecule has 0 amide bonds. The fourth-order valence-electron chi connectivity index (χ4n) is 5.66. The summed E-state index contributed by atoms with van der Waals surface area (Å²) in [7, 11) is -2.34. The molecule has 2 aliphatic carbocycles. The fourth-order valence-corrected chi connectivity index (χ4v) is 7.23. The molecule has 0 spiro atoms. The van der Waals surface area contributed by atoms with E-state index in [1.165, 1.54) is 3.97 Å². The molecule has 1 heterocycles. The maximum Gasteiger partial charge on any atom is 0.316 e. The highest BCUT2D eigenvalue weighted by atomic mass is 32.2. The van der Waals surface area contributed by atoms with Crippen LogP contribution in [0.4, 0.5) is 0 Å². The van der Waals surface area contributed by atoms with Gasteiger partial charge in [0.15, 0.2) is 0 Å². The Kier molecular flexibility index (Phi) is 5.49. The average Bonchev–Trinajstić information content (AvgIpc) is 3.44. The molecule has 2 aliphatic rings. The normalized spacial score (nSPS) is 20.1. The second-order valence-corrected chi connectivity index (χ2v) is 11.7. The van der Waals surface area contributed by atoms with Gasteiger partial charge >= 0.3 is 5.97 Å². The third-order valence-corrected chi connectivity index (χ3v) is 9.30. The van der Waals surface area contributed by atoms with Crippen molar-refractivity contribution in [1.29, 1.82) is 0 Å². The molecule has 1 aromatic heterocycles. The summed E-state index contributed by atoms with van der Waals surface area (Å²) in [6.45, 7) is 2.10. The highest BCUT2D eigenvalue weighted by Crippen LogP contribution is 2.53. The quantitative estimate of drug-likeness (QED) is 0.251. The van der Waals surface area contributed by atoms with Crippen LogP contribution in [0, 0.1) is 12.3 Å². The van der Waals surface area contributed by atoms with E-state index in [4.69, 9.17) is 9.47 Å². The Morgan fingerprint density at radius 3 is 2.54 bits per heavy atom. The smallest absolute Gasteiger partial charge is 0.316 e. The number of aryl methyl sites for hydroxylation is 1. The molecule has 6 nitrogen and oxygen atoms in total. The number of allylic oxidation sites excluding steroid dienone is 1. The number of esters is 1. The van der Waals surface area contributed by atoms with Gasteiger partial charge in [-0.3, -0.25) is 4.79 Å². The first kappa shape index (κ1) is 23.6. The van der Waals surface area contributed by atoms with Gasteiger partial charge in [0.05, 0.1) is 22.9 Å². The summed E-state index contributed by atoms with van der Waals surface area (Å²) in [5, 5.41) is 0.827. The number of hydrogen-bond acceptors (Lipinski definition) is 5. The molecule has 3 aromatic carbocycles. The van der Waals surface area contributed by atoms with E-state index in [1.54, 1.807) is 43.5 Å². The first-order valence-corrected chi connectivity index (χ1v) is 13.7. The first-order chi connectivity index (χ1) is 17.8. The number of rotatable bonds is 6. The molecule has 0 aliphatic heterocycles. The van der Waals surface area contributed by atoms with Crippen LogP contribution in [0.25, 0.3) is 10.9 Å². The van der Waals surface area contributed by atoms with Gasteiger partial charge in [-0.05, 0) is 54.8 Å².